The maximum atomic E-state index is 12.5. The van der Waals surface area contributed by atoms with Crippen molar-refractivity contribution >= 4 is 34.2 Å². The summed E-state index contributed by atoms with van der Waals surface area (Å²) >= 11 is 2.12. The molecule has 0 aliphatic rings. The zero-order valence-electron chi connectivity index (χ0n) is 13.0. The molecule has 0 spiro atoms. The number of carbonyl (C=O) groups excluding carboxylic acids is 1. The van der Waals surface area contributed by atoms with Gasteiger partial charge in [0, 0.05) is 9.26 Å². The van der Waals surface area contributed by atoms with E-state index in [1.165, 1.54) is 5.56 Å². The second-order valence-electron chi connectivity index (χ2n) is 4.94. The minimum absolute atomic E-state index is 0.173. The summed E-state index contributed by atoms with van der Waals surface area (Å²) in [5.41, 5.74) is 3.66. The minimum atomic E-state index is -0.173. The largest absolute Gasteiger partial charge is 0.493 e. The Labute approximate surface area is 144 Å². The normalized spacial score (nSPS) is 10.2. The lowest BCUT2D eigenvalue weighted by Gasteiger charge is -2.12. The number of aryl methyl sites for hydroxylation is 2. The number of ether oxygens (including phenoxy) is 2. The van der Waals surface area contributed by atoms with Gasteiger partial charge in [0.05, 0.1) is 19.8 Å². The van der Waals surface area contributed by atoms with Gasteiger partial charge in [0.2, 0.25) is 0 Å². The first kappa shape index (κ1) is 16.6. The molecule has 1 amide bonds. The van der Waals surface area contributed by atoms with E-state index < -0.39 is 0 Å². The number of hydrogen-bond acceptors (Lipinski definition) is 3. The van der Waals surface area contributed by atoms with Crippen LogP contribution in [0.25, 0.3) is 0 Å². The fraction of sp³-hybridized carbons (Fsp3) is 0.235. The maximum absolute atomic E-state index is 12.5. The fourth-order valence-electron chi connectivity index (χ4n) is 2.05. The first-order chi connectivity index (χ1) is 10.5. The summed E-state index contributed by atoms with van der Waals surface area (Å²) in [4.78, 5) is 12.5. The molecular formula is C17H18INO3. The third-order valence-corrected chi connectivity index (χ3v) is 4.38. The molecule has 4 nitrogen and oxygen atoms in total. The van der Waals surface area contributed by atoms with Crippen molar-refractivity contribution < 1.29 is 14.3 Å². The van der Waals surface area contributed by atoms with Gasteiger partial charge in [-0.05, 0) is 71.8 Å². The topological polar surface area (TPSA) is 47.6 Å². The molecule has 0 saturated heterocycles. The van der Waals surface area contributed by atoms with Crippen molar-refractivity contribution in [2.24, 2.45) is 0 Å². The van der Waals surface area contributed by atoms with Crippen LogP contribution in [0.3, 0.4) is 0 Å². The standard InChI is InChI=1S/C17H18INO3/c1-10-5-6-12(7-11(10)2)19-17(20)13-8-15(21-3)16(22-4)9-14(13)18/h5-9H,1-4H3,(H,19,20). The molecule has 116 valence electrons. The van der Waals surface area contributed by atoms with Crippen LogP contribution in [0.15, 0.2) is 30.3 Å². The number of anilines is 1. The van der Waals surface area contributed by atoms with Crippen LogP contribution in [0.1, 0.15) is 21.5 Å². The van der Waals surface area contributed by atoms with E-state index in [1.54, 1.807) is 26.4 Å². The van der Waals surface area contributed by atoms with Crippen LogP contribution in [0.2, 0.25) is 0 Å². The Kier molecular flexibility index (Phi) is 5.28. The number of carbonyl (C=O) groups is 1. The number of halogens is 1. The molecule has 0 aliphatic carbocycles. The fourth-order valence-corrected chi connectivity index (χ4v) is 2.73. The third-order valence-electron chi connectivity index (χ3n) is 3.48. The average molecular weight is 411 g/mol. The van der Waals surface area contributed by atoms with Crippen molar-refractivity contribution in [3.63, 3.8) is 0 Å². The van der Waals surface area contributed by atoms with Crippen LogP contribution in [-0.2, 0) is 0 Å². The third kappa shape index (κ3) is 3.52. The Bertz CT molecular complexity index is 713. The number of amides is 1. The second kappa shape index (κ2) is 7.00. The summed E-state index contributed by atoms with van der Waals surface area (Å²) in [6.45, 7) is 4.06. The number of hydrogen-bond donors (Lipinski definition) is 1. The van der Waals surface area contributed by atoms with Crippen molar-refractivity contribution in [2.75, 3.05) is 19.5 Å². The predicted molar refractivity (Wildman–Crippen MR) is 96.1 cm³/mol. The molecule has 0 radical (unpaired) electrons. The predicted octanol–water partition coefficient (Wildman–Crippen LogP) is 4.18. The minimum Gasteiger partial charge on any atom is -0.493 e. The molecule has 0 atom stereocenters. The van der Waals surface area contributed by atoms with Crippen molar-refractivity contribution in [3.8, 4) is 11.5 Å². The van der Waals surface area contributed by atoms with Crippen molar-refractivity contribution in [1.82, 2.24) is 0 Å². The molecule has 0 aromatic heterocycles. The summed E-state index contributed by atoms with van der Waals surface area (Å²) < 4.78 is 11.3. The van der Waals surface area contributed by atoms with E-state index in [0.717, 1.165) is 14.8 Å². The summed E-state index contributed by atoms with van der Waals surface area (Å²) in [5.74, 6) is 0.969. The number of rotatable bonds is 4. The lowest BCUT2D eigenvalue weighted by atomic mass is 10.1. The molecule has 0 heterocycles. The Morgan fingerprint density at radius 1 is 1.00 bits per heavy atom. The monoisotopic (exact) mass is 411 g/mol. The molecule has 0 aliphatic heterocycles. The SMILES string of the molecule is COc1cc(I)c(C(=O)Nc2ccc(C)c(C)c2)cc1OC. The maximum Gasteiger partial charge on any atom is 0.256 e. The number of methoxy groups -OCH3 is 2. The lowest BCUT2D eigenvalue weighted by Crippen LogP contribution is -2.14. The number of nitrogens with one attached hydrogen (secondary N) is 1. The molecule has 0 saturated carbocycles. The van der Waals surface area contributed by atoms with Gasteiger partial charge < -0.3 is 14.8 Å². The van der Waals surface area contributed by atoms with Gasteiger partial charge in [0.25, 0.3) is 5.91 Å². The highest BCUT2D eigenvalue weighted by molar-refractivity contribution is 14.1. The molecule has 2 aromatic carbocycles. The van der Waals surface area contributed by atoms with E-state index in [9.17, 15) is 4.79 Å². The van der Waals surface area contributed by atoms with Crippen LogP contribution in [0.4, 0.5) is 5.69 Å². The molecule has 22 heavy (non-hydrogen) atoms. The van der Waals surface area contributed by atoms with Crippen molar-refractivity contribution in [2.45, 2.75) is 13.8 Å². The highest BCUT2D eigenvalue weighted by Crippen LogP contribution is 2.31. The van der Waals surface area contributed by atoms with Gasteiger partial charge in [0.1, 0.15) is 0 Å². The highest BCUT2D eigenvalue weighted by atomic mass is 127. The van der Waals surface area contributed by atoms with E-state index >= 15 is 0 Å². The first-order valence-corrected chi connectivity index (χ1v) is 7.84. The van der Waals surface area contributed by atoms with Gasteiger partial charge in [-0.25, -0.2) is 0 Å². The summed E-state index contributed by atoms with van der Waals surface area (Å²) in [6.07, 6.45) is 0. The number of benzene rings is 2. The van der Waals surface area contributed by atoms with E-state index in [-0.39, 0.29) is 5.91 Å². The second-order valence-corrected chi connectivity index (χ2v) is 6.10. The van der Waals surface area contributed by atoms with Crippen molar-refractivity contribution in [3.05, 3.63) is 50.6 Å². The Hall–Kier alpha value is -1.76. The molecule has 5 heteroatoms. The van der Waals surface area contributed by atoms with E-state index in [1.807, 2.05) is 32.0 Å². The molecule has 1 N–H and O–H groups in total. The van der Waals surface area contributed by atoms with Gasteiger partial charge >= 0.3 is 0 Å². The smallest absolute Gasteiger partial charge is 0.256 e. The quantitative estimate of drug-likeness (QED) is 0.769. The molecular weight excluding hydrogens is 393 g/mol. The van der Waals surface area contributed by atoms with Gasteiger partial charge in [-0.15, -0.1) is 0 Å². The van der Waals surface area contributed by atoms with Gasteiger partial charge in [-0.1, -0.05) is 6.07 Å². The summed E-state index contributed by atoms with van der Waals surface area (Å²) in [7, 11) is 3.12. The van der Waals surface area contributed by atoms with Gasteiger partial charge in [0.15, 0.2) is 11.5 Å². The molecule has 2 aromatic rings. The first-order valence-electron chi connectivity index (χ1n) is 6.76. The van der Waals surface area contributed by atoms with Crippen LogP contribution >= 0.6 is 22.6 Å². The van der Waals surface area contributed by atoms with Crippen LogP contribution < -0.4 is 14.8 Å². The Morgan fingerprint density at radius 3 is 2.23 bits per heavy atom. The van der Waals surface area contributed by atoms with Crippen molar-refractivity contribution in [1.29, 1.82) is 0 Å². The zero-order valence-corrected chi connectivity index (χ0v) is 15.1. The average Bonchev–Trinajstić information content (AvgIpc) is 2.50. The summed E-state index contributed by atoms with van der Waals surface area (Å²) in [6, 6.07) is 9.32. The van der Waals surface area contributed by atoms with Crippen LogP contribution in [0, 0.1) is 17.4 Å². The Balaban J connectivity index is 2.31. The molecule has 0 bridgehead atoms. The molecule has 0 fully saturated rings. The molecule has 2 rings (SSSR count). The summed E-state index contributed by atoms with van der Waals surface area (Å²) in [5, 5.41) is 2.92. The zero-order chi connectivity index (χ0) is 16.3. The Morgan fingerprint density at radius 2 is 1.64 bits per heavy atom. The van der Waals surface area contributed by atoms with Gasteiger partial charge in [-0.2, -0.15) is 0 Å². The van der Waals surface area contributed by atoms with E-state index in [0.29, 0.717) is 17.1 Å². The van der Waals surface area contributed by atoms with Crippen LogP contribution in [-0.4, -0.2) is 20.1 Å². The van der Waals surface area contributed by atoms with Gasteiger partial charge in [-0.3, -0.25) is 4.79 Å². The highest BCUT2D eigenvalue weighted by Gasteiger charge is 2.15. The lowest BCUT2D eigenvalue weighted by molar-refractivity contribution is 0.102. The van der Waals surface area contributed by atoms with E-state index in [4.69, 9.17) is 9.47 Å². The van der Waals surface area contributed by atoms with Crippen LogP contribution in [0.5, 0.6) is 11.5 Å². The molecule has 0 unspecified atom stereocenters. The van der Waals surface area contributed by atoms with E-state index in [2.05, 4.69) is 27.9 Å².